The Morgan fingerprint density at radius 1 is 1.38 bits per heavy atom. The topological polar surface area (TPSA) is 82.3 Å². The lowest BCUT2D eigenvalue weighted by atomic mass is 10.1. The molecular formula is C18H15ClN2O3. The Hall–Kier alpha value is -2.97. The fraction of sp³-hybridized carbons (Fsp3) is 0.111. The van der Waals surface area contributed by atoms with Crippen molar-refractivity contribution in [2.24, 2.45) is 0 Å². The normalized spacial score (nSPS) is 10.8. The van der Waals surface area contributed by atoms with Crippen LogP contribution in [0.2, 0.25) is 5.02 Å². The Labute approximate surface area is 144 Å². The maximum atomic E-state index is 12.3. The van der Waals surface area contributed by atoms with E-state index in [1.165, 1.54) is 13.2 Å². The zero-order chi connectivity index (χ0) is 17.7. The fourth-order valence-corrected chi connectivity index (χ4v) is 2.17. The Morgan fingerprint density at radius 3 is 2.75 bits per heavy atom. The minimum atomic E-state index is -0.598. The van der Waals surface area contributed by atoms with E-state index in [1.807, 2.05) is 13.0 Å². The molecule has 0 radical (unpaired) electrons. The Balaban J connectivity index is 2.29. The van der Waals surface area contributed by atoms with Gasteiger partial charge in [0.05, 0.1) is 7.11 Å². The van der Waals surface area contributed by atoms with Crippen molar-refractivity contribution in [1.29, 1.82) is 5.26 Å². The second-order valence-corrected chi connectivity index (χ2v) is 5.39. The number of aryl methyl sites for hydroxylation is 1. The minimum Gasteiger partial charge on any atom is -0.504 e. The molecule has 6 heteroatoms. The predicted octanol–water partition coefficient (Wildman–Crippen LogP) is 3.91. The summed E-state index contributed by atoms with van der Waals surface area (Å²) in [6.45, 7) is 1.85. The van der Waals surface area contributed by atoms with Crippen molar-refractivity contribution < 1.29 is 14.6 Å². The predicted molar refractivity (Wildman–Crippen MR) is 93.1 cm³/mol. The SMILES string of the molecule is COc1cccc(/C=C(\C#N)C(=O)Nc2ccc(C)c(Cl)c2)c1O. The lowest BCUT2D eigenvalue weighted by molar-refractivity contribution is -0.112. The van der Waals surface area contributed by atoms with Gasteiger partial charge in [0.1, 0.15) is 11.6 Å². The van der Waals surface area contributed by atoms with E-state index in [0.717, 1.165) is 5.56 Å². The molecule has 1 amide bonds. The summed E-state index contributed by atoms with van der Waals surface area (Å²) in [7, 11) is 1.42. The Bertz CT molecular complexity index is 854. The van der Waals surface area contributed by atoms with Crippen molar-refractivity contribution in [3.63, 3.8) is 0 Å². The van der Waals surface area contributed by atoms with E-state index in [0.29, 0.717) is 16.3 Å². The Morgan fingerprint density at radius 2 is 2.12 bits per heavy atom. The van der Waals surface area contributed by atoms with Crippen LogP contribution in [0.15, 0.2) is 42.0 Å². The zero-order valence-electron chi connectivity index (χ0n) is 13.1. The van der Waals surface area contributed by atoms with Gasteiger partial charge >= 0.3 is 0 Å². The van der Waals surface area contributed by atoms with Crippen LogP contribution in [-0.2, 0) is 4.79 Å². The van der Waals surface area contributed by atoms with E-state index < -0.39 is 5.91 Å². The molecule has 2 aromatic carbocycles. The van der Waals surface area contributed by atoms with E-state index in [-0.39, 0.29) is 17.1 Å². The van der Waals surface area contributed by atoms with E-state index in [4.69, 9.17) is 16.3 Å². The van der Waals surface area contributed by atoms with Gasteiger partial charge in [0.25, 0.3) is 5.91 Å². The highest BCUT2D eigenvalue weighted by atomic mass is 35.5. The van der Waals surface area contributed by atoms with Gasteiger partial charge in [-0.1, -0.05) is 29.8 Å². The highest BCUT2D eigenvalue weighted by Gasteiger charge is 2.13. The number of hydrogen-bond acceptors (Lipinski definition) is 4. The van der Waals surface area contributed by atoms with E-state index in [9.17, 15) is 15.2 Å². The van der Waals surface area contributed by atoms with Crippen molar-refractivity contribution in [1.82, 2.24) is 0 Å². The lowest BCUT2D eigenvalue weighted by Gasteiger charge is -2.08. The van der Waals surface area contributed by atoms with Gasteiger partial charge in [-0.2, -0.15) is 5.26 Å². The monoisotopic (exact) mass is 342 g/mol. The molecule has 0 saturated carbocycles. The number of phenolic OH excluding ortho intramolecular Hbond substituents is 1. The first kappa shape index (κ1) is 17.4. The number of carbonyl (C=O) groups is 1. The minimum absolute atomic E-state index is 0.140. The largest absolute Gasteiger partial charge is 0.504 e. The molecule has 0 unspecified atom stereocenters. The summed E-state index contributed by atoms with van der Waals surface area (Å²) in [5, 5.41) is 22.4. The number of phenols is 1. The molecule has 5 nitrogen and oxygen atoms in total. The maximum absolute atomic E-state index is 12.3. The van der Waals surface area contributed by atoms with E-state index in [1.54, 1.807) is 36.4 Å². The number of methoxy groups -OCH3 is 1. The third-order valence-corrected chi connectivity index (χ3v) is 3.75. The van der Waals surface area contributed by atoms with Gasteiger partial charge in [0, 0.05) is 16.3 Å². The average molecular weight is 343 g/mol. The van der Waals surface area contributed by atoms with Crippen LogP contribution in [-0.4, -0.2) is 18.1 Å². The van der Waals surface area contributed by atoms with Crippen LogP contribution in [0.1, 0.15) is 11.1 Å². The second-order valence-electron chi connectivity index (χ2n) is 4.99. The first-order chi connectivity index (χ1) is 11.5. The summed E-state index contributed by atoms with van der Waals surface area (Å²) < 4.78 is 5.00. The van der Waals surface area contributed by atoms with Gasteiger partial charge in [-0.15, -0.1) is 0 Å². The number of nitrogens with one attached hydrogen (secondary N) is 1. The molecule has 0 fully saturated rings. The summed E-state index contributed by atoms with van der Waals surface area (Å²) in [5.41, 5.74) is 1.51. The average Bonchev–Trinajstić information content (AvgIpc) is 2.57. The summed E-state index contributed by atoms with van der Waals surface area (Å²) in [5.74, 6) is -0.481. The molecular weight excluding hydrogens is 328 g/mol. The van der Waals surface area contributed by atoms with Gasteiger partial charge in [0.2, 0.25) is 0 Å². The van der Waals surface area contributed by atoms with Crippen molar-refractivity contribution in [3.8, 4) is 17.6 Å². The van der Waals surface area contributed by atoms with Crippen LogP contribution in [0.3, 0.4) is 0 Å². The number of halogens is 1. The van der Waals surface area contributed by atoms with Gasteiger partial charge in [-0.3, -0.25) is 4.79 Å². The lowest BCUT2D eigenvalue weighted by Crippen LogP contribution is -2.13. The molecule has 0 saturated heterocycles. The van der Waals surface area contributed by atoms with Crippen LogP contribution >= 0.6 is 11.6 Å². The summed E-state index contributed by atoms with van der Waals surface area (Å²) in [6.07, 6.45) is 1.29. The molecule has 24 heavy (non-hydrogen) atoms. The van der Waals surface area contributed by atoms with Crippen LogP contribution in [0, 0.1) is 18.3 Å². The van der Waals surface area contributed by atoms with Crippen LogP contribution in [0.4, 0.5) is 5.69 Å². The van der Waals surface area contributed by atoms with E-state index >= 15 is 0 Å². The quantitative estimate of drug-likeness (QED) is 0.652. The first-order valence-electron chi connectivity index (χ1n) is 7.01. The zero-order valence-corrected chi connectivity index (χ0v) is 13.9. The van der Waals surface area contributed by atoms with Crippen LogP contribution in [0.5, 0.6) is 11.5 Å². The summed E-state index contributed by atoms with van der Waals surface area (Å²) >= 11 is 6.02. The Kier molecular flexibility index (Phi) is 5.46. The number of anilines is 1. The third-order valence-electron chi connectivity index (χ3n) is 3.34. The van der Waals surface area contributed by atoms with Crippen molar-refractivity contribution >= 4 is 29.3 Å². The highest BCUT2D eigenvalue weighted by Crippen LogP contribution is 2.31. The number of rotatable bonds is 4. The van der Waals surface area contributed by atoms with Crippen molar-refractivity contribution in [2.45, 2.75) is 6.92 Å². The van der Waals surface area contributed by atoms with Gasteiger partial charge in [0.15, 0.2) is 11.5 Å². The maximum Gasteiger partial charge on any atom is 0.266 e. The summed E-state index contributed by atoms with van der Waals surface area (Å²) in [6, 6.07) is 11.7. The van der Waals surface area contributed by atoms with Crippen molar-refractivity contribution in [3.05, 3.63) is 58.1 Å². The van der Waals surface area contributed by atoms with Crippen LogP contribution < -0.4 is 10.1 Å². The number of carbonyl (C=O) groups excluding carboxylic acids is 1. The number of aromatic hydroxyl groups is 1. The highest BCUT2D eigenvalue weighted by molar-refractivity contribution is 6.31. The molecule has 0 aliphatic heterocycles. The van der Waals surface area contributed by atoms with Gasteiger partial charge < -0.3 is 15.2 Å². The number of para-hydroxylation sites is 1. The second kappa shape index (κ2) is 7.53. The van der Waals surface area contributed by atoms with E-state index in [2.05, 4.69) is 5.32 Å². The number of nitrogens with zero attached hydrogens (tertiary/aromatic N) is 1. The number of hydrogen-bond donors (Lipinski definition) is 2. The number of amides is 1. The molecule has 0 atom stereocenters. The first-order valence-corrected chi connectivity index (χ1v) is 7.39. The molecule has 2 rings (SSSR count). The molecule has 0 aromatic heterocycles. The molecule has 122 valence electrons. The molecule has 0 bridgehead atoms. The van der Waals surface area contributed by atoms with Gasteiger partial charge in [-0.05, 0) is 36.8 Å². The number of benzene rings is 2. The van der Waals surface area contributed by atoms with Crippen LogP contribution in [0.25, 0.3) is 6.08 Å². The fourth-order valence-electron chi connectivity index (χ4n) is 1.99. The number of nitriles is 1. The summed E-state index contributed by atoms with van der Waals surface area (Å²) in [4.78, 5) is 12.3. The molecule has 2 N–H and O–H groups in total. The standard InChI is InChI=1S/C18H15ClN2O3/c1-11-6-7-14(9-15(11)19)21-18(23)13(10-20)8-12-4-3-5-16(24-2)17(12)22/h3-9,22H,1-2H3,(H,21,23)/b13-8+. The molecule has 0 spiro atoms. The number of ether oxygens (including phenoxy) is 1. The van der Waals surface area contributed by atoms with Crippen molar-refractivity contribution in [2.75, 3.05) is 12.4 Å². The third kappa shape index (κ3) is 3.86. The molecule has 0 aliphatic carbocycles. The molecule has 2 aromatic rings. The van der Waals surface area contributed by atoms with Gasteiger partial charge in [-0.25, -0.2) is 0 Å². The molecule has 0 aliphatic rings. The smallest absolute Gasteiger partial charge is 0.266 e. The molecule has 0 heterocycles.